The third kappa shape index (κ3) is 4.51. The summed E-state index contributed by atoms with van der Waals surface area (Å²) in [5, 5.41) is 10.5. The molecule has 2 spiro atoms. The third-order valence-electron chi connectivity index (χ3n) is 8.83. The Morgan fingerprint density at radius 3 is 2.20 bits per heavy atom. The summed E-state index contributed by atoms with van der Waals surface area (Å²) in [5.41, 5.74) is 0.481. The van der Waals surface area contributed by atoms with Gasteiger partial charge in [-0.2, -0.15) is 0 Å². The molecule has 4 rings (SSSR count). The molecule has 0 aromatic carbocycles. The highest BCUT2D eigenvalue weighted by molar-refractivity contribution is 5.82. The average molecular weight is 421 g/mol. The van der Waals surface area contributed by atoms with Crippen LogP contribution in [0.1, 0.15) is 79.1 Å². The number of rotatable bonds is 5. The maximum atomic E-state index is 12.3. The molecule has 0 aromatic rings. The van der Waals surface area contributed by atoms with Crippen molar-refractivity contribution in [1.82, 2.24) is 9.80 Å². The fourth-order valence-electron chi connectivity index (χ4n) is 6.71. The van der Waals surface area contributed by atoms with Crippen LogP contribution in [0.2, 0.25) is 0 Å². The van der Waals surface area contributed by atoms with Crippen LogP contribution < -0.4 is 0 Å². The third-order valence-corrected chi connectivity index (χ3v) is 8.83. The van der Waals surface area contributed by atoms with Gasteiger partial charge in [-0.05, 0) is 62.7 Å². The Labute approximate surface area is 183 Å². The molecule has 2 saturated heterocycles. The topological polar surface area (TPSA) is 53.0 Å². The second-order valence-electron chi connectivity index (χ2n) is 11.6. The molecule has 2 heterocycles. The normalized spacial score (nSPS) is 36.4. The summed E-state index contributed by atoms with van der Waals surface area (Å²) in [7, 11) is 0. The molecule has 0 radical (unpaired) electrons. The van der Waals surface area contributed by atoms with Crippen LogP contribution in [0.15, 0.2) is 0 Å². The standard InChI is InChI=1S/C25H44N2O3/c1-18(2)22(28)20-5-7-24(8-6-20)15-21(16-24)26-11-9-25(10-12-26)17-27(13-14-30-25)23(29)19(3)4/h18-21,23,29H,5-17H2,1-4H3. The van der Waals surface area contributed by atoms with E-state index in [0.717, 1.165) is 64.5 Å². The van der Waals surface area contributed by atoms with E-state index in [-0.39, 0.29) is 23.7 Å². The van der Waals surface area contributed by atoms with Crippen LogP contribution >= 0.6 is 0 Å². The van der Waals surface area contributed by atoms with Gasteiger partial charge in [-0.1, -0.05) is 27.7 Å². The summed E-state index contributed by atoms with van der Waals surface area (Å²) in [5.74, 6) is 1.28. The first-order valence-electron chi connectivity index (χ1n) is 12.6. The Balaban J connectivity index is 1.23. The number of nitrogens with zero attached hydrogens (tertiary/aromatic N) is 2. The number of aliphatic hydroxyl groups is 1. The number of aliphatic hydroxyl groups excluding tert-OH is 1. The maximum Gasteiger partial charge on any atom is 0.138 e. The number of morpholine rings is 1. The second kappa shape index (κ2) is 8.80. The van der Waals surface area contributed by atoms with Crippen molar-refractivity contribution in [1.29, 1.82) is 0 Å². The summed E-state index contributed by atoms with van der Waals surface area (Å²) in [4.78, 5) is 17.3. The van der Waals surface area contributed by atoms with Gasteiger partial charge in [0.05, 0.1) is 12.2 Å². The predicted molar refractivity (Wildman–Crippen MR) is 119 cm³/mol. The lowest BCUT2D eigenvalue weighted by molar-refractivity contribution is -0.179. The quantitative estimate of drug-likeness (QED) is 0.735. The highest BCUT2D eigenvalue weighted by Crippen LogP contribution is 2.55. The molecule has 2 aliphatic heterocycles. The van der Waals surface area contributed by atoms with E-state index >= 15 is 0 Å². The van der Waals surface area contributed by atoms with E-state index in [4.69, 9.17) is 4.74 Å². The number of Topliss-reactive ketones (excluding diaryl/α,β-unsaturated/α-hetero) is 1. The van der Waals surface area contributed by atoms with E-state index < -0.39 is 0 Å². The average Bonchev–Trinajstić information content (AvgIpc) is 2.72. The van der Waals surface area contributed by atoms with Gasteiger partial charge >= 0.3 is 0 Å². The lowest BCUT2D eigenvalue weighted by Crippen LogP contribution is -2.62. The van der Waals surface area contributed by atoms with Crippen molar-refractivity contribution in [3.63, 3.8) is 0 Å². The maximum absolute atomic E-state index is 12.3. The molecule has 30 heavy (non-hydrogen) atoms. The van der Waals surface area contributed by atoms with E-state index in [1.165, 1.54) is 25.7 Å². The number of hydrogen-bond acceptors (Lipinski definition) is 5. The Kier molecular flexibility index (Phi) is 6.66. The number of ether oxygens (including phenoxy) is 1. The van der Waals surface area contributed by atoms with Gasteiger partial charge in [0.2, 0.25) is 0 Å². The first-order valence-corrected chi connectivity index (χ1v) is 12.6. The molecule has 0 aromatic heterocycles. The molecule has 2 saturated carbocycles. The Bertz CT molecular complexity index is 596. The Morgan fingerprint density at radius 1 is 1.00 bits per heavy atom. The summed E-state index contributed by atoms with van der Waals surface area (Å²) in [6.07, 6.45) is 9.25. The van der Waals surface area contributed by atoms with Crippen LogP contribution in [-0.2, 0) is 9.53 Å². The van der Waals surface area contributed by atoms with E-state index in [0.29, 0.717) is 17.1 Å². The highest BCUT2D eigenvalue weighted by atomic mass is 16.5. The Morgan fingerprint density at radius 2 is 1.63 bits per heavy atom. The number of likely N-dealkylation sites (tertiary alicyclic amines) is 1. The first kappa shape index (κ1) is 22.7. The van der Waals surface area contributed by atoms with Crippen molar-refractivity contribution >= 4 is 5.78 Å². The van der Waals surface area contributed by atoms with Crippen molar-refractivity contribution in [2.45, 2.75) is 96.9 Å². The van der Waals surface area contributed by atoms with Crippen LogP contribution in [0.3, 0.4) is 0 Å². The molecule has 5 heteroatoms. The molecule has 172 valence electrons. The summed E-state index contributed by atoms with van der Waals surface area (Å²) >= 11 is 0. The van der Waals surface area contributed by atoms with Crippen LogP contribution in [-0.4, -0.2) is 71.3 Å². The molecular weight excluding hydrogens is 376 g/mol. The van der Waals surface area contributed by atoms with E-state index in [2.05, 4.69) is 23.6 Å². The van der Waals surface area contributed by atoms with Crippen LogP contribution in [0, 0.1) is 23.2 Å². The number of ketones is 1. The van der Waals surface area contributed by atoms with E-state index in [9.17, 15) is 9.90 Å². The van der Waals surface area contributed by atoms with Gasteiger partial charge in [-0.15, -0.1) is 0 Å². The first-order chi connectivity index (χ1) is 14.2. The molecule has 4 fully saturated rings. The fraction of sp³-hybridized carbons (Fsp3) is 0.960. The Hall–Kier alpha value is -0.490. The second-order valence-corrected chi connectivity index (χ2v) is 11.6. The van der Waals surface area contributed by atoms with Gasteiger partial charge in [0.25, 0.3) is 0 Å². The smallest absolute Gasteiger partial charge is 0.138 e. The fourth-order valence-corrected chi connectivity index (χ4v) is 6.71. The van der Waals surface area contributed by atoms with Gasteiger partial charge in [0, 0.05) is 44.1 Å². The number of piperidine rings is 1. The molecule has 0 bridgehead atoms. The molecule has 1 unspecified atom stereocenters. The van der Waals surface area contributed by atoms with Crippen molar-refractivity contribution in [3.8, 4) is 0 Å². The van der Waals surface area contributed by atoms with Crippen LogP contribution in [0.4, 0.5) is 0 Å². The molecule has 4 aliphatic rings. The zero-order chi connectivity index (χ0) is 21.5. The van der Waals surface area contributed by atoms with Crippen LogP contribution in [0.5, 0.6) is 0 Å². The van der Waals surface area contributed by atoms with Crippen molar-refractivity contribution in [2.75, 3.05) is 32.8 Å². The SMILES string of the molecule is CC(C)C(=O)C1CCC2(CC1)CC(N1CCC3(CC1)CN(C(O)C(C)C)CCO3)C2. The lowest BCUT2D eigenvalue weighted by Gasteiger charge is -2.57. The van der Waals surface area contributed by atoms with E-state index in [1.807, 2.05) is 13.8 Å². The monoisotopic (exact) mass is 420 g/mol. The van der Waals surface area contributed by atoms with Crippen molar-refractivity contribution in [3.05, 3.63) is 0 Å². The summed E-state index contributed by atoms with van der Waals surface area (Å²) in [6.45, 7) is 13.0. The lowest BCUT2D eigenvalue weighted by atomic mass is 9.56. The molecule has 1 atom stereocenters. The molecule has 5 nitrogen and oxygen atoms in total. The molecule has 2 aliphatic carbocycles. The predicted octanol–water partition coefficient (Wildman–Crippen LogP) is 3.69. The van der Waals surface area contributed by atoms with Gasteiger partial charge < -0.3 is 14.7 Å². The number of carbonyl (C=O) groups is 1. The number of carbonyl (C=O) groups excluding carboxylic acids is 1. The van der Waals surface area contributed by atoms with Gasteiger partial charge in [0.15, 0.2) is 0 Å². The zero-order valence-electron chi connectivity index (χ0n) is 19.7. The minimum absolute atomic E-state index is 0.0542. The molecule has 0 amide bonds. The van der Waals surface area contributed by atoms with Gasteiger partial charge in [-0.3, -0.25) is 9.69 Å². The summed E-state index contributed by atoms with van der Waals surface area (Å²) < 4.78 is 6.30. The molecular formula is C25H44N2O3. The van der Waals surface area contributed by atoms with E-state index in [1.54, 1.807) is 0 Å². The van der Waals surface area contributed by atoms with Crippen LogP contribution in [0.25, 0.3) is 0 Å². The van der Waals surface area contributed by atoms with Crippen molar-refractivity contribution < 1.29 is 14.6 Å². The largest absolute Gasteiger partial charge is 0.378 e. The highest BCUT2D eigenvalue weighted by Gasteiger charge is 2.50. The number of hydrogen-bond donors (Lipinski definition) is 1. The zero-order valence-corrected chi connectivity index (χ0v) is 19.7. The summed E-state index contributed by atoms with van der Waals surface area (Å²) in [6, 6.07) is 0.737. The molecule has 1 N–H and O–H groups in total. The van der Waals surface area contributed by atoms with Gasteiger partial charge in [0.1, 0.15) is 12.0 Å². The minimum atomic E-state index is -0.354. The van der Waals surface area contributed by atoms with Gasteiger partial charge in [-0.25, -0.2) is 0 Å². The van der Waals surface area contributed by atoms with Crippen molar-refractivity contribution in [2.24, 2.45) is 23.2 Å². The minimum Gasteiger partial charge on any atom is -0.378 e.